The van der Waals surface area contributed by atoms with Crippen LogP contribution >= 0.6 is 0 Å². The maximum Gasteiger partial charge on any atom is 0.335 e. The maximum absolute atomic E-state index is 11.9. The highest BCUT2D eigenvalue weighted by atomic mass is 19.4. The predicted octanol–water partition coefficient (Wildman–Crippen LogP) is 1.96. The molecule has 0 aliphatic heterocycles. The van der Waals surface area contributed by atoms with Gasteiger partial charge in [-0.15, -0.1) is 0 Å². The van der Waals surface area contributed by atoms with E-state index in [2.05, 4.69) is 0 Å². The standard InChI is InChI=1S/C7H5F2NO2/c8-10(9)6-3-1-2-5(4-6)7(11)12/h1-4H,(H,11,12). The number of hydrogen-bond acceptors (Lipinski definition) is 2. The molecule has 0 atom stereocenters. The Morgan fingerprint density at radius 2 is 2.08 bits per heavy atom. The Hall–Kier alpha value is -1.65. The highest BCUT2D eigenvalue weighted by Crippen LogP contribution is 2.16. The number of hydrogen-bond donors (Lipinski definition) is 1. The summed E-state index contributed by atoms with van der Waals surface area (Å²) < 4.78 is 23.7. The van der Waals surface area contributed by atoms with Gasteiger partial charge in [-0.05, 0) is 23.5 Å². The van der Waals surface area contributed by atoms with Crippen molar-refractivity contribution in [3.8, 4) is 0 Å². The summed E-state index contributed by atoms with van der Waals surface area (Å²) in [5.41, 5.74) is -0.595. The van der Waals surface area contributed by atoms with E-state index in [1.165, 1.54) is 12.1 Å². The van der Waals surface area contributed by atoms with Crippen LogP contribution in [-0.4, -0.2) is 11.1 Å². The van der Waals surface area contributed by atoms with E-state index in [0.717, 1.165) is 12.1 Å². The van der Waals surface area contributed by atoms with Gasteiger partial charge in [-0.3, -0.25) is 0 Å². The zero-order chi connectivity index (χ0) is 9.14. The van der Waals surface area contributed by atoms with Crippen molar-refractivity contribution < 1.29 is 18.9 Å². The minimum Gasteiger partial charge on any atom is -0.478 e. The number of carbonyl (C=O) groups is 1. The fourth-order valence-electron chi connectivity index (χ4n) is 0.744. The molecule has 0 aliphatic carbocycles. The minimum absolute atomic E-state index is 0.159. The molecule has 0 saturated carbocycles. The first-order valence-corrected chi connectivity index (χ1v) is 3.06. The fraction of sp³-hybridized carbons (Fsp3) is 0. The molecule has 5 heteroatoms. The van der Waals surface area contributed by atoms with Gasteiger partial charge >= 0.3 is 5.97 Å². The number of anilines is 1. The molecular formula is C7H5F2NO2. The second kappa shape index (κ2) is 3.17. The number of nitrogens with zero attached hydrogens (tertiary/aromatic N) is 1. The molecule has 64 valence electrons. The van der Waals surface area contributed by atoms with E-state index < -0.39 is 17.0 Å². The molecule has 0 bridgehead atoms. The summed E-state index contributed by atoms with van der Waals surface area (Å²) >= 11 is 0. The molecule has 1 rings (SSSR count). The van der Waals surface area contributed by atoms with Crippen LogP contribution in [0.4, 0.5) is 14.6 Å². The summed E-state index contributed by atoms with van der Waals surface area (Å²) in [5.74, 6) is -1.22. The van der Waals surface area contributed by atoms with Crippen molar-refractivity contribution in [1.29, 1.82) is 0 Å². The zero-order valence-corrected chi connectivity index (χ0v) is 5.87. The third kappa shape index (κ3) is 1.69. The molecule has 0 aliphatic rings. The molecule has 0 unspecified atom stereocenters. The van der Waals surface area contributed by atoms with Gasteiger partial charge in [0, 0.05) is 0 Å². The van der Waals surface area contributed by atoms with Gasteiger partial charge in [0.1, 0.15) is 5.69 Å². The van der Waals surface area contributed by atoms with E-state index in [4.69, 9.17) is 5.11 Å². The second-order valence-corrected chi connectivity index (χ2v) is 2.09. The lowest BCUT2D eigenvalue weighted by atomic mass is 10.2. The SMILES string of the molecule is O=C(O)c1cccc(N(F)F)c1. The van der Waals surface area contributed by atoms with Gasteiger partial charge in [0.05, 0.1) is 5.56 Å². The third-order valence-electron chi connectivity index (χ3n) is 1.29. The first-order valence-electron chi connectivity index (χ1n) is 3.06. The molecule has 3 nitrogen and oxygen atoms in total. The Labute approximate surface area is 66.7 Å². The van der Waals surface area contributed by atoms with Crippen LogP contribution in [0.1, 0.15) is 10.4 Å². The lowest BCUT2D eigenvalue weighted by Gasteiger charge is -2.01. The van der Waals surface area contributed by atoms with Crippen molar-refractivity contribution >= 4 is 11.7 Å². The largest absolute Gasteiger partial charge is 0.478 e. The van der Waals surface area contributed by atoms with Crippen molar-refractivity contribution in [1.82, 2.24) is 0 Å². The van der Waals surface area contributed by atoms with Gasteiger partial charge < -0.3 is 5.11 Å². The Bertz CT molecular complexity index is 301. The number of benzene rings is 1. The molecule has 1 N–H and O–H groups in total. The molecule has 1 aromatic carbocycles. The molecule has 0 saturated heterocycles. The van der Waals surface area contributed by atoms with Crippen LogP contribution in [0.5, 0.6) is 0 Å². The van der Waals surface area contributed by atoms with Gasteiger partial charge in [-0.1, -0.05) is 15.0 Å². The smallest absolute Gasteiger partial charge is 0.335 e. The van der Waals surface area contributed by atoms with Crippen LogP contribution < -0.4 is 5.34 Å². The summed E-state index contributed by atoms with van der Waals surface area (Å²) in [4.78, 5) is 10.3. The maximum atomic E-state index is 11.9. The molecule has 0 spiro atoms. The monoisotopic (exact) mass is 173 g/mol. The van der Waals surface area contributed by atoms with E-state index >= 15 is 0 Å². The topological polar surface area (TPSA) is 40.5 Å². The first-order chi connectivity index (χ1) is 5.61. The van der Waals surface area contributed by atoms with Crippen molar-refractivity contribution in [3.05, 3.63) is 29.8 Å². The van der Waals surface area contributed by atoms with Crippen LogP contribution in [0.15, 0.2) is 24.3 Å². The second-order valence-electron chi connectivity index (χ2n) is 2.09. The fourth-order valence-corrected chi connectivity index (χ4v) is 0.744. The van der Waals surface area contributed by atoms with Crippen LogP contribution in [0.3, 0.4) is 0 Å². The molecule has 0 heterocycles. The number of carboxylic acids is 1. The van der Waals surface area contributed by atoms with Gasteiger partial charge in [0.2, 0.25) is 0 Å². The Kier molecular flexibility index (Phi) is 2.23. The van der Waals surface area contributed by atoms with Crippen LogP contribution in [-0.2, 0) is 0 Å². The van der Waals surface area contributed by atoms with Crippen LogP contribution in [0.25, 0.3) is 0 Å². The van der Waals surface area contributed by atoms with Crippen LogP contribution in [0.2, 0.25) is 0 Å². The van der Waals surface area contributed by atoms with E-state index in [0.29, 0.717) is 0 Å². The van der Waals surface area contributed by atoms with E-state index in [1.54, 1.807) is 0 Å². The molecule has 0 radical (unpaired) electrons. The quantitative estimate of drug-likeness (QED) is 0.695. The number of carboxylic acid groups (broad SMARTS) is 1. The summed E-state index contributed by atoms with van der Waals surface area (Å²) in [7, 11) is 0. The summed E-state index contributed by atoms with van der Waals surface area (Å²) in [6, 6.07) is 4.51. The average molecular weight is 173 g/mol. The normalized spacial score (nSPS) is 9.50. The number of halogens is 2. The molecule has 12 heavy (non-hydrogen) atoms. The summed E-state index contributed by atoms with van der Waals surface area (Å²) in [5, 5.41) is 7.30. The summed E-state index contributed by atoms with van der Waals surface area (Å²) in [6.07, 6.45) is 0. The Morgan fingerprint density at radius 1 is 1.42 bits per heavy atom. The van der Waals surface area contributed by atoms with Gasteiger partial charge in [-0.2, -0.15) is 0 Å². The van der Waals surface area contributed by atoms with E-state index in [-0.39, 0.29) is 5.56 Å². The predicted molar refractivity (Wildman–Crippen MR) is 38.1 cm³/mol. The van der Waals surface area contributed by atoms with E-state index in [1.807, 2.05) is 0 Å². The lowest BCUT2D eigenvalue weighted by molar-refractivity contribution is 0.0697. The minimum atomic E-state index is -1.22. The van der Waals surface area contributed by atoms with Gasteiger partial charge in [0.15, 0.2) is 0 Å². The zero-order valence-electron chi connectivity index (χ0n) is 5.87. The molecular weight excluding hydrogens is 168 g/mol. The van der Waals surface area contributed by atoms with Crippen molar-refractivity contribution in [2.24, 2.45) is 0 Å². The molecule has 0 aromatic heterocycles. The average Bonchev–Trinajstić information content (AvgIpc) is 2.04. The number of rotatable bonds is 2. The van der Waals surface area contributed by atoms with E-state index in [9.17, 15) is 13.8 Å². The van der Waals surface area contributed by atoms with Crippen molar-refractivity contribution in [3.63, 3.8) is 0 Å². The van der Waals surface area contributed by atoms with Crippen LogP contribution in [0, 0.1) is 0 Å². The Balaban J connectivity index is 3.04. The van der Waals surface area contributed by atoms with Crippen molar-refractivity contribution in [2.75, 3.05) is 5.34 Å². The molecule has 0 fully saturated rings. The van der Waals surface area contributed by atoms with Gasteiger partial charge in [-0.25, -0.2) is 4.79 Å². The number of aromatic carboxylic acids is 1. The highest BCUT2D eigenvalue weighted by molar-refractivity contribution is 5.88. The third-order valence-corrected chi connectivity index (χ3v) is 1.29. The molecule has 0 amide bonds. The highest BCUT2D eigenvalue weighted by Gasteiger charge is 2.07. The molecule has 1 aromatic rings. The van der Waals surface area contributed by atoms with Crippen molar-refractivity contribution in [2.45, 2.75) is 0 Å². The van der Waals surface area contributed by atoms with Gasteiger partial charge in [0.25, 0.3) is 0 Å². The lowest BCUT2D eigenvalue weighted by Crippen LogP contribution is -2.00. The Morgan fingerprint density at radius 3 is 2.58 bits per heavy atom. The summed E-state index contributed by atoms with van der Waals surface area (Å²) in [6.45, 7) is 0. The first kappa shape index (κ1) is 8.45.